The van der Waals surface area contributed by atoms with E-state index >= 15 is 0 Å². The molecule has 8 heteroatoms. The SMILES string of the molecule is COc1ccccc1CCCNC(=O)CN(c1ccc(Br)cc1)S(=O)(=O)c1ccc(C)cc1. The van der Waals surface area contributed by atoms with Gasteiger partial charge in [0.2, 0.25) is 5.91 Å². The van der Waals surface area contributed by atoms with Crippen molar-refractivity contribution in [2.24, 2.45) is 0 Å². The third-order valence-electron chi connectivity index (χ3n) is 5.15. The average molecular weight is 531 g/mol. The van der Waals surface area contributed by atoms with Crippen LogP contribution < -0.4 is 14.4 Å². The van der Waals surface area contributed by atoms with E-state index in [1.54, 1.807) is 55.6 Å². The summed E-state index contributed by atoms with van der Waals surface area (Å²) in [5.74, 6) is 0.447. The maximum atomic E-state index is 13.4. The molecule has 0 aromatic heterocycles. The normalized spacial score (nSPS) is 11.1. The van der Waals surface area contributed by atoms with Crippen molar-refractivity contribution in [3.05, 3.63) is 88.4 Å². The Morgan fingerprint density at radius 3 is 2.33 bits per heavy atom. The van der Waals surface area contributed by atoms with Crippen LogP contribution >= 0.6 is 15.9 Å². The van der Waals surface area contributed by atoms with Gasteiger partial charge in [-0.15, -0.1) is 0 Å². The Kier molecular flexibility index (Phi) is 8.52. The summed E-state index contributed by atoms with van der Waals surface area (Å²) in [5, 5.41) is 2.84. The van der Waals surface area contributed by atoms with Gasteiger partial charge in [-0.3, -0.25) is 9.10 Å². The Morgan fingerprint density at radius 1 is 1.00 bits per heavy atom. The zero-order valence-electron chi connectivity index (χ0n) is 18.6. The molecule has 0 unspecified atom stereocenters. The van der Waals surface area contributed by atoms with Gasteiger partial charge in [-0.25, -0.2) is 8.42 Å². The highest BCUT2D eigenvalue weighted by molar-refractivity contribution is 9.10. The fourth-order valence-electron chi connectivity index (χ4n) is 3.36. The summed E-state index contributed by atoms with van der Waals surface area (Å²) >= 11 is 3.36. The number of nitrogens with zero attached hydrogens (tertiary/aromatic N) is 1. The molecule has 0 spiro atoms. The summed E-state index contributed by atoms with van der Waals surface area (Å²) < 4.78 is 34.1. The van der Waals surface area contributed by atoms with E-state index in [0.29, 0.717) is 18.7 Å². The molecule has 3 rings (SSSR count). The van der Waals surface area contributed by atoms with Gasteiger partial charge in [0, 0.05) is 11.0 Å². The molecule has 0 saturated heterocycles. The van der Waals surface area contributed by atoms with Crippen LogP contribution in [0.5, 0.6) is 5.75 Å². The molecular formula is C25H27BrN2O4S. The second kappa shape index (κ2) is 11.3. The van der Waals surface area contributed by atoms with Gasteiger partial charge in [0.05, 0.1) is 17.7 Å². The van der Waals surface area contributed by atoms with Crippen molar-refractivity contribution in [3.63, 3.8) is 0 Å². The van der Waals surface area contributed by atoms with E-state index in [-0.39, 0.29) is 17.3 Å². The van der Waals surface area contributed by atoms with Gasteiger partial charge in [-0.05, 0) is 67.8 Å². The molecule has 0 aliphatic carbocycles. The number of amides is 1. The molecule has 3 aromatic rings. The topological polar surface area (TPSA) is 75.7 Å². The van der Waals surface area contributed by atoms with Crippen LogP contribution in [-0.4, -0.2) is 34.5 Å². The number of halogens is 1. The lowest BCUT2D eigenvalue weighted by atomic mass is 10.1. The largest absolute Gasteiger partial charge is 0.496 e. The Balaban J connectivity index is 1.70. The van der Waals surface area contributed by atoms with Crippen LogP contribution in [0.2, 0.25) is 0 Å². The molecule has 0 aliphatic rings. The number of aryl methyl sites for hydroxylation is 2. The van der Waals surface area contributed by atoms with E-state index < -0.39 is 10.0 Å². The summed E-state index contributed by atoms with van der Waals surface area (Å²) in [6, 6.07) is 21.2. The Bertz CT molecular complexity index is 1180. The minimum Gasteiger partial charge on any atom is -0.496 e. The highest BCUT2D eigenvalue weighted by Gasteiger charge is 2.27. The Hall–Kier alpha value is -2.84. The molecule has 3 aromatic carbocycles. The van der Waals surface area contributed by atoms with E-state index in [0.717, 1.165) is 32.1 Å². The Morgan fingerprint density at radius 2 is 1.67 bits per heavy atom. The molecule has 0 aliphatic heterocycles. The lowest BCUT2D eigenvalue weighted by Crippen LogP contribution is -2.41. The number of carbonyl (C=O) groups is 1. The molecule has 0 fully saturated rings. The average Bonchev–Trinajstić information content (AvgIpc) is 2.81. The van der Waals surface area contributed by atoms with Crippen LogP contribution in [0.1, 0.15) is 17.5 Å². The highest BCUT2D eigenvalue weighted by Crippen LogP contribution is 2.25. The lowest BCUT2D eigenvalue weighted by molar-refractivity contribution is -0.119. The standard InChI is InChI=1S/C25H27BrN2O4S/c1-19-9-15-23(16-10-19)33(30,31)28(22-13-11-21(26)12-14-22)18-25(29)27-17-5-7-20-6-3-4-8-24(20)32-2/h3-4,6,8-16H,5,7,17-18H2,1-2H3,(H,27,29). The number of rotatable bonds is 10. The molecule has 1 amide bonds. The molecule has 0 atom stereocenters. The van der Waals surface area contributed by atoms with Crippen molar-refractivity contribution in [2.75, 3.05) is 24.5 Å². The number of nitrogens with one attached hydrogen (secondary N) is 1. The van der Waals surface area contributed by atoms with Gasteiger partial charge in [0.15, 0.2) is 0 Å². The van der Waals surface area contributed by atoms with Gasteiger partial charge in [-0.2, -0.15) is 0 Å². The summed E-state index contributed by atoms with van der Waals surface area (Å²) in [4.78, 5) is 12.8. The van der Waals surface area contributed by atoms with Gasteiger partial charge in [0.25, 0.3) is 10.0 Å². The predicted molar refractivity (Wildman–Crippen MR) is 134 cm³/mol. The maximum absolute atomic E-state index is 13.4. The van der Waals surface area contributed by atoms with Crippen LogP contribution in [0, 0.1) is 6.92 Å². The number of ether oxygens (including phenoxy) is 1. The monoisotopic (exact) mass is 530 g/mol. The molecule has 33 heavy (non-hydrogen) atoms. The Labute approximate surface area is 203 Å². The summed E-state index contributed by atoms with van der Waals surface area (Å²) in [6.45, 7) is 2.00. The van der Waals surface area contributed by atoms with E-state index in [1.807, 2.05) is 31.2 Å². The fraction of sp³-hybridized carbons (Fsp3) is 0.240. The van der Waals surface area contributed by atoms with Gasteiger partial charge in [-0.1, -0.05) is 51.8 Å². The van der Waals surface area contributed by atoms with Gasteiger partial charge in [0.1, 0.15) is 12.3 Å². The smallest absolute Gasteiger partial charge is 0.264 e. The lowest BCUT2D eigenvalue weighted by Gasteiger charge is -2.24. The third kappa shape index (κ3) is 6.58. The van der Waals surface area contributed by atoms with Gasteiger partial charge < -0.3 is 10.1 Å². The van der Waals surface area contributed by atoms with Crippen molar-refractivity contribution >= 4 is 37.5 Å². The van der Waals surface area contributed by atoms with Crippen molar-refractivity contribution in [1.82, 2.24) is 5.32 Å². The van der Waals surface area contributed by atoms with Crippen LogP contribution in [-0.2, 0) is 21.2 Å². The number of methoxy groups -OCH3 is 1. The first-order valence-corrected chi connectivity index (χ1v) is 12.8. The number of hydrogen-bond acceptors (Lipinski definition) is 4. The molecular weight excluding hydrogens is 504 g/mol. The second-order valence-electron chi connectivity index (χ2n) is 7.57. The van der Waals surface area contributed by atoms with E-state index in [4.69, 9.17) is 4.74 Å². The minimum atomic E-state index is -3.92. The van der Waals surface area contributed by atoms with Crippen molar-refractivity contribution < 1.29 is 17.9 Å². The number of anilines is 1. The van der Waals surface area contributed by atoms with Crippen molar-refractivity contribution in [1.29, 1.82) is 0 Å². The highest BCUT2D eigenvalue weighted by atomic mass is 79.9. The second-order valence-corrected chi connectivity index (χ2v) is 10.3. The summed E-state index contributed by atoms with van der Waals surface area (Å²) in [6.07, 6.45) is 1.44. The number of benzene rings is 3. The van der Waals surface area contributed by atoms with Crippen LogP contribution in [0.4, 0.5) is 5.69 Å². The van der Waals surface area contributed by atoms with Crippen LogP contribution in [0.25, 0.3) is 0 Å². The maximum Gasteiger partial charge on any atom is 0.264 e. The molecule has 0 radical (unpaired) electrons. The van der Waals surface area contributed by atoms with Crippen LogP contribution in [0.15, 0.2) is 82.2 Å². The summed E-state index contributed by atoms with van der Waals surface area (Å²) in [7, 11) is -2.29. The molecule has 6 nitrogen and oxygen atoms in total. The number of sulfonamides is 1. The third-order valence-corrected chi connectivity index (χ3v) is 7.47. The molecule has 1 N–H and O–H groups in total. The van der Waals surface area contributed by atoms with E-state index in [1.165, 1.54) is 0 Å². The molecule has 0 heterocycles. The number of para-hydroxylation sites is 1. The number of carbonyl (C=O) groups excluding carboxylic acids is 1. The predicted octanol–water partition coefficient (Wildman–Crippen LogP) is 4.71. The first-order chi connectivity index (χ1) is 15.8. The zero-order valence-corrected chi connectivity index (χ0v) is 21.0. The minimum absolute atomic E-state index is 0.139. The molecule has 0 bridgehead atoms. The van der Waals surface area contributed by atoms with Gasteiger partial charge >= 0.3 is 0 Å². The fourth-order valence-corrected chi connectivity index (χ4v) is 5.05. The zero-order chi connectivity index (χ0) is 23.8. The number of hydrogen-bond donors (Lipinski definition) is 1. The first-order valence-electron chi connectivity index (χ1n) is 10.5. The first kappa shape index (κ1) is 24.8. The van der Waals surface area contributed by atoms with Crippen LogP contribution in [0.3, 0.4) is 0 Å². The summed E-state index contributed by atoms with van der Waals surface area (Å²) in [5.41, 5.74) is 2.44. The van der Waals surface area contributed by atoms with E-state index in [9.17, 15) is 13.2 Å². The quantitative estimate of drug-likeness (QED) is 0.385. The molecule has 174 valence electrons. The van der Waals surface area contributed by atoms with Crippen molar-refractivity contribution in [3.8, 4) is 5.75 Å². The molecule has 0 saturated carbocycles. The van der Waals surface area contributed by atoms with E-state index in [2.05, 4.69) is 21.2 Å². The van der Waals surface area contributed by atoms with Crippen molar-refractivity contribution in [2.45, 2.75) is 24.7 Å².